The van der Waals surface area contributed by atoms with E-state index in [9.17, 15) is 9.59 Å². The summed E-state index contributed by atoms with van der Waals surface area (Å²) in [6.07, 6.45) is 0. The first kappa shape index (κ1) is 16.1. The number of ether oxygens (including phenoxy) is 1. The van der Waals surface area contributed by atoms with Crippen LogP contribution in [0.5, 0.6) is 0 Å². The number of halogens is 1. The second-order valence-corrected chi connectivity index (χ2v) is 4.05. The molecule has 0 bridgehead atoms. The van der Waals surface area contributed by atoms with E-state index < -0.39 is 0 Å². The van der Waals surface area contributed by atoms with Gasteiger partial charge in [-0.3, -0.25) is 4.79 Å². The van der Waals surface area contributed by atoms with Crippen LogP contribution in [-0.4, -0.2) is 24.9 Å². The molecule has 0 aromatic heterocycles. The Morgan fingerprint density at radius 1 is 1.05 bits per heavy atom. The van der Waals surface area contributed by atoms with Gasteiger partial charge in [0.1, 0.15) is 0 Å². The van der Waals surface area contributed by atoms with E-state index in [0.29, 0.717) is 23.1 Å². The lowest BCUT2D eigenvalue weighted by Gasteiger charge is -2.08. The second-order valence-electron chi connectivity index (χ2n) is 4.05. The summed E-state index contributed by atoms with van der Waals surface area (Å²) in [6, 6.07) is 10.5. The number of benzene rings is 2. The van der Waals surface area contributed by atoms with Gasteiger partial charge in [0.25, 0.3) is 0 Å². The summed E-state index contributed by atoms with van der Waals surface area (Å²) in [5.74, 6) is -0.531. The zero-order valence-corrected chi connectivity index (χ0v) is 11.9. The molecule has 4 nitrogen and oxygen atoms in total. The molecule has 0 aliphatic heterocycles. The van der Waals surface area contributed by atoms with E-state index in [4.69, 9.17) is 10.5 Å². The first-order valence-corrected chi connectivity index (χ1v) is 6.11. The van der Waals surface area contributed by atoms with Crippen LogP contribution >= 0.6 is 12.4 Å². The molecule has 20 heavy (non-hydrogen) atoms. The van der Waals surface area contributed by atoms with Crippen LogP contribution in [0.4, 0.5) is 0 Å². The Morgan fingerprint density at radius 3 is 2.15 bits per heavy atom. The van der Waals surface area contributed by atoms with E-state index in [1.54, 1.807) is 43.3 Å². The molecule has 0 amide bonds. The van der Waals surface area contributed by atoms with Crippen molar-refractivity contribution in [3.8, 4) is 0 Å². The molecule has 2 N–H and O–H groups in total. The van der Waals surface area contributed by atoms with E-state index >= 15 is 0 Å². The number of rotatable bonds is 4. The monoisotopic (exact) mass is 293 g/mol. The normalized spacial score (nSPS) is 9.90. The van der Waals surface area contributed by atoms with Crippen LogP contribution in [0.3, 0.4) is 0 Å². The maximum Gasteiger partial charge on any atom is 0.338 e. The maximum absolute atomic E-state index is 11.9. The zero-order chi connectivity index (χ0) is 13.8. The number of nitrogens with two attached hydrogens (primary N) is 1. The number of Topliss-reactive ketones (excluding diaryl/α,β-unsaturated/α-hetero) is 1. The van der Waals surface area contributed by atoms with Crippen LogP contribution in [0.1, 0.15) is 27.6 Å². The largest absolute Gasteiger partial charge is 0.462 e. The summed E-state index contributed by atoms with van der Waals surface area (Å²) in [4.78, 5) is 23.7. The predicted molar refractivity (Wildman–Crippen MR) is 80.5 cm³/mol. The molecule has 0 unspecified atom stereocenters. The third-order valence-electron chi connectivity index (χ3n) is 2.90. The van der Waals surface area contributed by atoms with Crippen molar-refractivity contribution in [2.75, 3.05) is 13.2 Å². The Hall–Kier alpha value is -1.91. The lowest BCUT2D eigenvalue weighted by molar-refractivity contribution is 0.0528. The number of hydrogen-bond acceptors (Lipinski definition) is 4. The minimum Gasteiger partial charge on any atom is -0.462 e. The van der Waals surface area contributed by atoms with E-state index in [1.165, 1.54) is 0 Å². The highest BCUT2D eigenvalue weighted by atomic mass is 35.5. The molecule has 0 fully saturated rings. The molecule has 2 aromatic carbocycles. The number of hydrogen-bond donors (Lipinski definition) is 1. The molecule has 106 valence electrons. The SMILES string of the molecule is CCOC(=O)c1cccc2c(C(=O)CN)cccc12.Cl. The standard InChI is InChI=1S/C15H15NO3.ClH/c1-2-19-15(18)13-8-4-5-10-11(13)6-3-7-12(10)14(17)9-16;/h3-8H,2,9,16H2,1H3;1H. The van der Waals surface area contributed by atoms with Crippen molar-refractivity contribution in [3.63, 3.8) is 0 Å². The molecule has 0 atom stereocenters. The van der Waals surface area contributed by atoms with Gasteiger partial charge in [0.05, 0.1) is 18.7 Å². The van der Waals surface area contributed by atoms with E-state index in [-0.39, 0.29) is 30.7 Å². The fourth-order valence-corrected chi connectivity index (χ4v) is 2.05. The van der Waals surface area contributed by atoms with Crippen LogP contribution in [-0.2, 0) is 4.74 Å². The van der Waals surface area contributed by atoms with Gasteiger partial charge in [-0.25, -0.2) is 4.79 Å². The third-order valence-corrected chi connectivity index (χ3v) is 2.90. The Kier molecular flexibility index (Phi) is 5.67. The van der Waals surface area contributed by atoms with Gasteiger partial charge in [0.2, 0.25) is 0 Å². The predicted octanol–water partition coefficient (Wildman–Crippen LogP) is 2.58. The van der Waals surface area contributed by atoms with Crippen molar-refractivity contribution >= 4 is 34.9 Å². The van der Waals surface area contributed by atoms with Crippen molar-refractivity contribution in [1.82, 2.24) is 0 Å². The minimum atomic E-state index is -0.384. The molecule has 0 saturated carbocycles. The lowest BCUT2D eigenvalue weighted by atomic mass is 9.98. The van der Waals surface area contributed by atoms with Gasteiger partial charge < -0.3 is 10.5 Å². The summed E-state index contributed by atoms with van der Waals surface area (Å²) in [5.41, 5.74) is 6.40. The van der Waals surface area contributed by atoms with Gasteiger partial charge >= 0.3 is 5.97 Å². The first-order chi connectivity index (χ1) is 9.19. The molecule has 0 aliphatic carbocycles. The summed E-state index contributed by atoms with van der Waals surface area (Å²) in [7, 11) is 0. The smallest absolute Gasteiger partial charge is 0.338 e. The average molecular weight is 294 g/mol. The topological polar surface area (TPSA) is 69.4 Å². The highest BCUT2D eigenvalue weighted by molar-refractivity contribution is 6.13. The van der Waals surface area contributed by atoms with Crippen molar-refractivity contribution in [2.45, 2.75) is 6.92 Å². The van der Waals surface area contributed by atoms with Crippen LogP contribution in [0.2, 0.25) is 0 Å². The molecule has 0 saturated heterocycles. The summed E-state index contributed by atoms with van der Waals surface area (Å²) >= 11 is 0. The Bertz CT molecular complexity index is 640. The summed E-state index contributed by atoms with van der Waals surface area (Å²) < 4.78 is 5.01. The van der Waals surface area contributed by atoms with Crippen molar-refractivity contribution in [2.24, 2.45) is 5.73 Å². The molecule has 0 radical (unpaired) electrons. The van der Waals surface area contributed by atoms with Gasteiger partial charge in [0.15, 0.2) is 5.78 Å². The van der Waals surface area contributed by atoms with E-state index in [2.05, 4.69) is 0 Å². The Balaban J connectivity index is 0.00000200. The maximum atomic E-state index is 11.9. The van der Waals surface area contributed by atoms with Crippen LogP contribution in [0.25, 0.3) is 10.8 Å². The molecule has 0 aliphatic rings. The van der Waals surface area contributed by atoms with Crippen LogP contribution in [0, 0.1) is 0 Å². The van der Waals surface area contributed by atoms with Crippen LogP contribution in [0.15, 0.2) is 36.4 Å². The van der Waals surface area contributed by atoms with E-state index in [0.717, 1.165) is 5.39 Å². The fraction of sp³-hybridized carbons (Fsp3) is 0.200. The second kappa shape index (κ2) is 7.03. The van der Waals surface area contributed by atoms with Crippen molar-refractivity contribution in [3.05, 3.63) is 47.5 Å². The number of carbonyl (C=O) groups excluding carboxylic acids is 2. The summed E-state index contributed by atoms with van der Waals surface area (Å²) in [6.45, 7) is 2.02. The first-order valence-electron chi connectivity index (χ1n) is 6.11. The quantitative estimate of drug-likeness (QED) is 0.695. The number of esters is 1. The molecular weight excluding hydrogens is 278 g/mol. The average Bonchev–Trinajstić information content (AvgIpc) is 2.45. The summed E-state index contributed by atoms with van der Waals surface area (Å²) in [5, 5.41) is 1.43. The molecule has 0 spiro atoms. The highest BCUT2D eigenvalue weighted by Crippen LogP contribution is 2.23. The highest BCUT2D eigenvalue weighted by Gasteiger charge is 2.14. The molecule has 0 heterocycles. The lowest BCUT2D eigenvalue weighted by Crippen LogP contribution is -2.14. The molecule has 5 heteroatoms. The van der Waals surface area contributed by atoms with Crippen molar-refractivity contribution < 1.29 is 14.3 Å². The van der Waals surface area contributed by atoms with Crippen molar-refractivity contribution in [1.29, 1.82) is 0 Å². The molecule has 2 aromatic rings. The minimum absolute atomic E-state index is 0. The Morgan fingerprint density at radius 2 is 1.60 bits per heavy atom. The molecule has 2 rings (SSSR count). The van der Waals surface area contributed by atoms with Crippen LogP contribution < -0.4 is 5.73 Å². The van der Waals surface area contributed by atoms with Gasteiger partial charge in [-0.15, -0.1) is 12.4 Å². The van der Waals surface area contributed by atoms with Gasteiger partial charge in [-0.1, -0.05) is 30.3 Å². The Labute approximate surface area is 123 Å². The number of fused-ring (bicyclic) bond motifs is 1. The van der Waals surface area contributed by atoms with Gasteiger partial charge in [0, 0.05) is 5.56 Å². The van der Waals surface area contributed by atoms with Gasteiger partial charge in [-0.2, -0.15) is 0 Å². The molecular formula is C15H16ClNO3. The number of carbonyl (C=O) groups is 2. The van der Waals surface area contributed by atoms with E-state index in [1.807, 2.05) is 0 Å². The number of ketones is 1. The zero-order valence-electron chi connectivity index (χ0n) is 11.1. The third kappa shape index (κ3) is 2.98. The van der Waals surface area contributed by atoms with Gasteiger partial charge in [-0.05, 0) is 23.8 Å². The fourth-order valence-electron chi connectivity index (χ4n) is 2.05.